The molecule has 0 unspecified atom stereocenters. The van der Waals surface area contributed by atoms with Crippen molar-refractivity contribution in [3.8, 4) is 17.2 Å². The fraction of sp³-hybridized carbons (Fsp3) is 0.125. The van der Waals surface area contributed by atoms with E-state index in [1.807, 2.05) is 24.3 Å². The lowest BCUT2D eigenvalue weighted by Gasteiger charge is -2.14. The first-order chi connectivity index (χ1) is 15.0. The normalized spacial score (nSPS) is 13.3. The standard InChI is InChI=1S/C24H20N2O5/c1-30-20-4-2-3-5-21(20)31-19-12-8-17(9-13-19)25-24(29)16-6-10-18(11-7-16)26-22(27)14-15-23(26)28/h2-13H,14-15H2,1H3,(H,25,29). The average Bonchev–Trinajstić information content (AvgIpc) is 3.13. The molecular formula is C24H20N2O5. The molecule has 31 heavy (non-hydrogen) atoms. The highest BCUT2D eigenvalue weighted by Crippen LogP contribution is 2.31. The number of methoxy groups -OCH3 is 1. The second kappa shape index (κ2) is 8.71. The van der Waals surface area contributed by atoms with Crippen LogP contribution in [0.25, 0.3) is 0 Å². The number of imide groups is 1. The molecule has 1 saturated heterocycles. The van der Waals surface area contributed by atoms with Gasteiger partial charge in [-0.1, -0.05) is 12.1 Å². The molecule has 0 aliphatic carbocycles. The summed E-state index contributed by atoms with van der Waals surface area (Å²) in [5, 5.41) is 2.81. The number of hydrogen-bond donors (Lipinski definition) is 1. The first-order valence-electron chi connectivity index (χ1n) is 9.73. The Labute approximate surface area is 179 Å². The number of nitrogens with zero attached hydrogens (tertiary/aromatic N) is 1. The summed E-state index contributed by atoms with van der Waals surface area (Å²) < 4.78 is 11.1. The molecule has 4 rings (SSSR count). The monoisotopic (exact) mass is 416 g/mol. The van der Waals surface area contributed by atoms with Crippen LogP contribution >= 0.6 is 0 Å². The van der Waals surface area contributed by atoms with Gasteiger partial charge in [0, 0.05) is 24.1 Å². The molecule has 0 spiro atoms. The molecule has 0 aromatic heterocycles. The molecule has 0 radical (unpaired) electrons. The number of rotatable bonds is 6. The maximum Gasteiger partial charge on any atom is 0.255 e. The summed E-state index contributed by atoms with van der Waals surface area (Å²) in [6, 6.07) is 20.7. The number of nitrogens with one attached hydrogen (secondary N) is 1. The summed E-state index contributed by atoms with van der Waals surface area (Å²) in [6.45, 7) is 0. The van der Waals surface area contributed by atoms with Crippen LogP contribution in [-0.4, -0.2) is 24.8 Å². The highest BCUT2D eigenvalue weighted by molar-refractivity contribution is 6.20. The Morgan fingerprint density at radius 3 is 2.06 bits per heavy atom. The van der Waals surface area contributed by atoms with E-state index in [9.17, 15) is 14.4 Å². The molecule has 1 heterocycles. The number of para-hydroxylation sites is 2. The van der Waals surface area contributed by atoms with Gasteiger partial charge >= 0.3 is 0 Å². The van der Waals surface area contributed by atoms with E-state index in [4.69, 9.17) is 9.47 Å². The summed E-state index contributed by atoms with van der Waals surface area (Å²) >= 11 is 0. The van der Waals surface area contributed by atoms with Gasteiger partial charge in [0.05, 0.1) is 12.8 Å². The molecule has 0 bridgehead atoms. The van der Waals surface area contributed by atoms with Gasteiger partial charge < -0.3 is 14.8 Å². The molecule has 1 N–H and O–H groups in total. The molecule has 1 fully saturated rings. The second-order valence-corrected chi connectivity index (χ2v) is 6.90. The quantitative estimate of drug-likeness (QED) is 0.603. The zero-order chi connectivity index (χ0) is 21.8. The molecular weight excluding hydrogens is 396 g/mol. The molecule has 3 amide bonds. The van der Waals surface area contributed by atoms with E-state index in [2.05, 4.69) is 5.32 Å². The van der Waals surface area contributed by atoms with E-state index < -0.39 is 0 Å². The third kappa shape index (κ3) is 4.40. The van der Waals surface area contributed by atoms with Crippen molar-refractivity contribution >= 4 is 29.1 Å². The van der Waals surface area contributed by atoms with Gasteiger partial charge in [0.25, 0.3) is 5.91 Å². The van der Waals surface area contributed by atoms with Crippen molar-refractivity contribution in [2.24, 2.45) is 0 Å². The largest absolute Gasteiger partial charge is 0.493 e. The Balaban J connectivity index is 1.40. The smallest absolute Gasteiger partial charge is 0.255 e. The van der Waals surface area contributed by atoms with Crippen molar-refractivity contribution in [3.63, 3.8) is 0 Å². The third-order valence-corrected chi connectivity index (χ3v) is 4.85. The van der Waals surface area contributed by atoms with Crippen LogP contribution < -0.4 is 19.7 Å². The highest BCUT2D eigenvalue weighted by Gasteiger charge is 2.30. The van der Waals surface area contributed by atoms with Crippen LogP contribution in [0.4, 0.5) is 11.4 Å². The lowest BCUT2D eigenvalue weighted by atomic mass is 10.1. The second-order valence-electron chi connectivity index (χ2n) is 6.90. The molecule has 3 aromatic rings. The van der Waals surface area contributed by atoms with E-state index >= 15 is 0 Å². The molecule has 1 aliphatic heterocycles. The van der Waals surface area contributed by atoms with E-state index in [0.29, 0.717) is 34.2 Å². The van der Waals surface area contributed by atoms with E-state index in [1.165, 1.54) is 0 Å². The van der Waals surface area contributed by atoms with E-state index in [-0.39, 0.29) is 30.6 Å². The zero-order valence-electron chi connectivity index (χ0n) is 16.8. The number of carbonyl (C=O) groups excluding carboxylic acids is 3. The summed E-state index contributed by atoms with van der Waals surface area (Å²) in [7, 11) is 1.58. The van der Waals surface area contributed by atoms with Gasteiger partial charge in [-0.05, 0) is 60.7 Å². The molecule has 1 aliphatic rings. The number of hydrogen-bond acceptors (Lipinski definition) is 5. The molecule has 7 nitrogen and oxygen atoms in total. The maximum atomic E-state index is 12.5. The van der Waals surface area contributed by atoms with Gasteiger partial charge in [0.1, 0.15) is 5.75 Å². The van der Waals surface area contributed by atoms with Gasteiger partial charge in [-0.2, -0.15) is 0 Å². The predicted molar refractivity (Wildman–Crippen MR) is 116 cm³/mol. The van der Waals surface area contributed by atoms with E-state index in [1.54, 1.807) is 55.6 Å². The highest BCUT2D eigenvalue weighted by atomic mass is 16.5. The van der Waals surface area contributed by atoms with Crippen LogP contribution in [0.3, 0.4) is 0 Å². The van der Waals surface area contributed by atoms with Crippen LogP contribution in [0, 0.1) is 0 Å². The fourth-order valence-electron chi connectivity index (χ4n) is 3.27. The molecule has 0 saturated carbocycles. The van der Waals surface area contributed by atoms with Crippen LogP contribution in [-0.2, 0) is 9.59 Å². The van der Waals surface area contributed by atoms with Crippen molar-refractivity contribution in [1.82, 2.24) is 0 Å². The van der Waals surface area contributed by atoms with Crippen molar-refractivity contribution in [3.05, 3.63) is 78.4 Å². The fourth-order valence-corrected chi connectivity index (χ4v) is 3.27. The molecule has 156 valence electrons. The van der Waals surface area contributed by atoms with Crippen molar-refractivity contribution in [1.29, 1.82) is 0 Å². The zero-order valence-corrected chi connectivity index (χ0v) is 16.8. The minimum atomic E-state index is -0.302. The molecule has 3 aromatic carbocycles. The minimum Gasteiger partial charge on any atom is -0.493 e. The summed E-state index contributed by atoms with van der Waals surface area (Å²) in [5.41, 5.74) is 1.49. The Morgan fingerprint density at radius 2 is 1.45 bits per heavy atom. The van der Waals surface area contributed by atoms with Crippen LogP contribution in [0.5, 0.6) is 17.2 Å². The van der Waals surface area contributed by atoms with Gasteiger partial charge in [-0.15, -0.1) is 0 Å². The lowest BCUT2D eigenvalue weighted by molar-refractivity contribution is -0.121. The van der Waals surface area contributed by atoms with Gasteiger partial charge in [-0.25, -0.2) is 0 Å². The number of ether oxygens (including phenoxy) is 2. The number of benzene rings is 3. The molecule has 0 atom stereocenters. The topological polar surface area (TPSA) is 84.9 Å². The van der Waals surface area contributed by atoms with Crippen LogP contribution in [0.15, 0.2) is 72.8 Å². The van der Waals surface area contributed by atoms with Crippen LogP contribution in [0.1, 0.15) is 23.2 Å². The van der Waals surface area contributed by atoms with Crippen LogP contribution in [0.2, 0.25) is 0 Å². The Morgan fingerprint density at radius 1 is 0.839 bits per heavy atom. The Bertz CT molecular complexity index is 1110. The SMILES string of the molecule is COc1ccccc1Oc1ccc(NC(=O)c2ccc(N3C(=O)CCC3=O)cc2)cc1. The average molecular weight is 416 g/mol. The predicted octanol–water partition coefficient (Wildman–Crippen LogP) is 4.39. The molecule has 7 heteroatoms. The summed E-state index contributed by atoms with van der Waals surface area (Å²) in [6.07, 6.45) is 0.440. The summed E-state index contributed by atoms with van der Waals surface area (Å²) in [5.74, 6) is 1.07. The minimum absolute atomic E-state index is 0.220. The first-order valence-corrected chi connectivity index (χ1v) is 9.73. The Kier molecular flexibility index (Phi) is 5.66. The van der Waals surface area contributed by atoms with Gasteiger partial charge in [-0.3, -0.25) is 19.3 Å². The van der Waals surface area contributed by atoms with Crippen molar-refractivity contribution in [2.75, 3.05) is 17.3 Å². The number of anilines is 2. The summed E-state index contributed by atoms with van der Waals surface area (Å²) in [4.78, 5) is 37.3. The van der Waals surface area contributed by atoms with Crippen molar-refractivity contribution < 1.29 is 23.9 Å². The Hall–Kier alpha value is -4.13. The van der Waals surface area contributed by atoms with Gasteiger partial charge in [0.15, 0.2) is 11.5 Å². The van der Waals surface area contributed by atoms with Gasteiger partial charge in [0.2, 0.25) is 11.8 Å². The number of amides is 3. The lowest BCUT2D eigenvalue weighted by Crippen LogP contribution is -2.28. The maximum absolute atomic E-state index is 12.5. The first kappa shape index (κ1) is 20.2. The number of carbonyl (C=O) groups is 3. The van der Waals surface area contributed by atoms with E-state index in [0.717, 1.165) is 4.90 Å². The third-order valence-electron chi connectivity index (χ3n) is 4.85. The van der Waals surface area contributed by atoms with Crippen molar-refractivity contribution in [2.45, 2.75) is 12.8 Å².